The van der Waals surface area contributed by atoms with Gasteiger partial charge in [0.1, 0.15) is 0 Å². The Labute approximate surface area is 114 Å². The Balaban J connectivity index is 1.88. The van der Waals surface area contributed by atoms with E-state index in [9.17, 15) is 4.79 Å². The minimum atomic E-state index is -0.748. The summed E-state index contributed by atoms with van der Waals surface area (Å²) in [5.41, 5.74) is 1.32. The molecule has 2 rings (SSSR count). The summed E-state index contributed by atoms with van der Waals surface area (Å²) in [5.74, 6) is -0.748. The van der Waals surface area contributed by atoms with Gasteiger partial charge >= 0.3 is 5.97 Å². The average Bonchev–Trinajstić information content (AvgIpc) is 2.39. The molecule has 1 aromatic carbocycles. The highest BCUT2D eigenvalue weighted by atomic mass is 16.4. The van der Waals surface area contributed by atoms with E-state index in [0.717, 1.165) is 32.5 Å². The molecule has 1 fully saturated rings. The molecular formula is C15H22N2O2. The van der Waals surface area contributed by atoms with Crippen LogP contribution in [-0.4, -0.2) is 53.6 Å². The van der Waals surface area contributed by atoms with Crippen molar-refractivity contribution < 1.29 is 9.90 Å². The predicted molar refractivity (Wildman–Crippen MR) is 75.0 cm³/mol. The molecule has 0 spiro atoms. The van der Waals surface area contributed by atoms with E-state index in [1.54, 1.807) is 0 Å². The number of hydrogen-bond acceptors (Lipinski definition) is 3. The summed E-state index contributed by atoms with van der Waals surface area (Å²) >= 11 is 0. The van der Waals surface area contributed by atoms with Crippen molar-refractivity contribution in [3.05, 3.63) is 35.9 Å². The van der Waals surface area contributed by atoms with E-state index in [0.29, 0.717) is 6.04 Å². The van der Waals surface area contributed by atoms with Gasteiger partial charge in [0.2, 0.25) is 0 Å². The van der Waals surface area contributed by atoms with Crippen LogP contribution in [0.5, 0.6) is 0 Å². The normalized spacial score (nSPS) is 20.6. The summed E-state index contributed by atoms with van der Waals surface area (Å²) in [6, 6.07) is 10.8. The van der Waals surface area contributed by atoms with Crippen LogP contribution >= 0.6 is 0 Å². The van der Waals surface area contributed by atoms with E-state index >= 15 is 0 Å². The van der Waals surface area contributed by atoms with Crippen molar-refractivity contribution in [3.8, 4) is 0 Å². The number of rotatable bonds is 5. The fourth-order valence-corrected chi connectivity index (χ4v) is 2.72. The Morgan fingerprint density at radius 3 is 2.84 bits per heavy atom. The van der Waals surface area contributed by atoms with Crippen LogP contribution in [0.2, 0.25) is 0 Å². The van der Waals surface area contributed by atoms with Crippen molar-refractivity contribution in [2.75, 3.05) is 26.7 Å². The molecule has 0 saturated carbocycles. The molecule has 0 aromatic heterocycles. The minimum Gasteiger partial charge on any atom is -0.480 e. The van der Waals surface area contributed by atoms with E-state index in [1.165, 1.54) is 5.56 Å². The van der Waals surface area contributed by atoms with Crippen LogP contribution in [0.4, 0.5) is 0 Å². The maximum Gasteiger partial charge on any atom is 0.317 e. The molecule has 1 heterocycles. The van der Waals surface area contributed by atoms with Crippen LogP contribution < -0.4 is 0 Å². The zero-order valence-electron chi connectivity index (χ0n) is 11.5. The van der Waals surface area contributed by atoms with Crippen molar-refractivity contribution in [2.24, 2.45) is 0 Å². The van der Waals surface area contributed by atoms with Crippen LogP contribution in [0.3, 0.4) is 0 Å². The lowest BCUT2D eigenvalue weighted by Gasteiger charge is -2.37. The minimum absolute atomic E-state index is 0.129. The van der Waals surface area contributed by atoms with E-state index in [-0.39, 0.29) is 6.54 Å². The molecule has 1 aliphatic heterocycles. The molecule has 0 aliphatic carbocycles. The number of aliphatic carboxylic acids is 1. The lowest BCUT2D eigenvalue weighted by molar-refractivity contribution is -0.138. The summed E-state index contributed by atoms with van der Waals surface area (Å²) in [6.45, 7) is 3.15. The van der Waals surface area contributed by atoms with Gasteiger partial charge in [-0.05, 0) is 32.0 Å². The third kappa shape index (κ3) is 4.33. The quantitative estimate of drug-likeness (QED) is 0.876. The summed E-state index contributed by atoms with van der Waals surface area (Å²) < 4.78 is 0. The second kappa shape index (κ2) is 6.68. The highest BCUT2D eigenvalue weighted by Crippen LogP contribution is 2.17. The second-order valence-corrected chi connectivity index (χ2v) is 5.33. The largest absolute Gasteiger partial charge is 0.480 e. The first-order valence-electron chi connectivity index (χ1n) is 6.83. The molecule has 0 bridgehead atoms. The van der Waals surface area contributed by atoms with Gasteiger partial charge in [0.25, 0.3) is 0 Å². The molecule has 1 N–H and O–H groups in total. The first-order chi connectivity index (χ1) is 9.15. The number of carbonyl (C=O) groups is 1. The van der Waals surface area contributed by atoms with Gasteiger partial charge in [0.05, 0.1) is 6.54 Å². The molecule has 1 atom stereocenters. The second-order valence-electron chi connectivity index (χ2n) is 5.33. The average molecular weight is 262 g/mol. The third-order valence-electron chi connectivity index (χ3n) is 3.74. The molecule has 19 heavy (non-hydrogen) atoms. The predicted octanol–water partition coefficient (Wildman–Crippen LogP) is 1.67. The Morgan fingerprint density at radius 1 is 1.42 bits per heavy atom. The van der Waals surface area contributed by atoms with Crippen molar-refractivity contribution in [1.29, 1.82) is 0 Å². The van der Waals surface area contributed by atoms with Crippen LogP contribution in [-0.2, 0) is 11.3 Å². The lowest BCUT2D eigenvalue weighted by atomic mass is 10.0. The number of benzene rings is 1. The van der Waals surface area contributed by atoms with Gasteiger partial charge in [0, 0.05) is 19.1 Å². The van der Waals surface area contributed by atoms with Gasteiger partial charge in [-0.3, -0.25) is 14.6 Å². The van der Waals surface area contributed by atoms with E-state index in [4.69, 9.17) is 5.11 Å². The van der Waals surface area contributed by atoms with E-state index in [2.05, 4.69) is 29.2 Å². The highest BCUT2D eigenvalue weighted by molar-refractivity contribution is 5.69. The van der Waals surface area contributed by atoms with Gasteiger partial charge in [-0.15, -0.1) is 0 Å². The van der Waals surface area contributed by atoms with Crippen molar-refractivity contribution in [2.45, 2.75) is 25.4 Å². The smallest absolute Gasteiger partial charge is 0.317 e. The standard InChI is InChI=1S/C15H22N2O2/c1-16(12-15(18)19)14-8-5-9-17(11-14)10-13-6-3-2-4-7-13/h2-4,6-7,14H,5,8-12H2,1H3,(H,18,19). The van der Waals surface area contributed by atoms with Crippen LogP contribution in [0.1, 0.15) is 18.4 Å². The van der Waals surface area contributed by atoms with Gasteiger partial charge in [-0.1, -0.05) is 30.3 Å². The summed E-state index contributed by atoms with van der Waals surface area (Å²) in [4.78, 5) is 15.1. The monoisotopic (exact) mass is 262 g/mol. The molecule has 0 amide bonds. The highest BCUT2D eigenvalue weighted by Gasteiger charge is 2.24. The summed E-state index contributed by atoms with van der Waals surface area (Å²) in [6.07, 6.45) is 2.23. The molecule has 1 aromatic rings. The zero-order chi connectivity index (χ0) is 13.7. The molecule has 104 valence electrons. The number of hydrogen-bond donors (Lipinski definition) is 1. The molecule has 4 heteroatoms. The van der Waals surface area contributed by atoms with Crippen molar-refractivity contribution in [3.63, 3.8) is 0 Å². The first-order valence-corrected chi connectivity index (χ1v) is 6.83. The fraction of sp³-hybridized carbons (Fsp3) is 0.533. The van der Waals surface area contributed by atoms with Crippen LogP contribution in [0.25, 0.3) is 0 Å². The topological polar surface area (TPSA) is 43.8 Å². The Kier molecular flexibility index (Phi) is 4.93. The van der Waals surface area contributed by atoms with Crippen molar-refractivity contribution in [1.82, 2.24) is 9.80 Å². The SMILES string of the molecule is CN(CC(=O)O)C1CCCN(Cc2ccccc2)C1. The third-order valence-corrected chi connectivity index (χ3v) is 3.74. The van der Waals surface area contributed by atoms with E-state index in [1.807, 2.05) is 18.0 Å². The van der Waals surface area contributed by atoms with Gasteiger partial charge < -0.3 is 5.11 Å². The van der Waals surface area contributed by atoms with Gasteiger partial charge in [-0.2, -0.15) is 0 Å². The summed E-state index contributed by atoms with van der Waals surface area (Å²) in [7, 11) is 1.91. The van der Waals surface area contributed by atoms with Crippen molar-refractivity contribution >= 4 is 5.97 Å². The Morgan fingerprint density at radius 2 is 2.16 bits per heavy atom. The van der Waals surface area contributed by atoms with E-state index < -0.39 is 5.97 Å². The molecule has 1 aliphatic rings. The zero-order valence-corrected chi connectivity index (χ0v) is 11.5. The van der Waals surface area contributed by atoms with Gasteiger partial charge in [-0.25, -0.2) is 0 Å². The summed E-state index contributed by atoms with van der Waals surface area (Å²) in [5, 5.41) is 8.86. The van der Waals surface area contributed by atoms with Crippen LogP contribution in [0, 0.1) is 0 Å². The number of nitrogens with zero attached hydrogens (tertiary/aromatic N) is 2. The lowest BCUT2D eigenvalue weighted by Crippen LogP contribution is -2.47. The molecule has 0 radical (unpaired) electrons. The number of likely N-dealkylation sites (N-methyl/N-ethyl adjacent to an activating group) is 1. The molecule has 4 nitrogen and oxygen atoms in total. The first kappa shape index (κ1) is 14.0. The molecular weight excluding hydrogens is 240 g/mol. The Bertz CT molecular complexity index is 408. The fourth-order valence-electron chi connectivity index (χ4n) is 2.72. The Hall–Kier alpha value is -1.39. The molecule has 1 saturated heterocycles. The number of likely N-dealkylation sites (tertiary alicyclic amines) is 1. The van der Waals surface area contributed by atoms with Crippen LogP contribution in [0.15, 0.2) is 30.3 Å². The number of carboxylic acids is 1. The molecule has 1 unspecified atom stereocenters. The van der Waals surface area contributed by atoms with Gasteiger partial charge in [0.15, 0.2) is 0 Å². The number of piperidine rings is 1. The maximum atomic E-state index is 10.8. The maximum absolute atomic E-state index is 10.8. The number of carboxylic acid groups (broad SMARTS) is 1.